The van der Waals surface area contributed by atoms with E-state index in [9.17, 15) is 0 Å². The minimum absolute atomic E-state index is 0.710. The molecule has 0 bridgehead atoms. The normalized spacial score (nSPS) is 23.7. The highest BCUT2D eigenvalue weighted by Gasteiger charge is 2.24. The predicted molar refractivity (Wildman–Crippen MR) is 91.3 cm³/mol. The van der Waals surface area contributed by atoms with E-state index in [4.69, 9.17) is 0 Å². The molecule has 1 heterocycles. The molecular weight excluding hydrogens is 256 g/mol. The van der Waals surface area contributed by atoms with Crippen LogP contribution in [0.3, 0.4) is 0 Å². The van der Waals surface area contributed by atoms with Gasteiger partial charge in [-0.3, -0.25) is 4.90 Å². The molecule has 1 aliphatic heterocycles. The third-order valence-corrected chi connectivity index (χ3v) is 4.76. The third kappa shape index (κ3) is 5.12. The highest BCUT2D eigenvalue weighted by molar-refractivity contribution is 5.23. The lowest BCUT2D eigenvalue weighted by Crippen LogP contribution is -2.41. The number of nitrogens with zero attached hydrogens (tertiary/aromatic N) is 1. The van der Waals surface area contributed by atoms with Crippen LogP contribution in [0.2, 0.25) is 0 Å². The fourth-order valence-electron chi connectivity index (χ4n) is 3.22. The highest BCUT2D eigenvalue weighted by atomic mass is 15.2. The highest BCUT2D eigenvalue weighted by Crippen LogP contribution is 2.24. The quantitative estimate of drug-likeness (QED) is 0.849. The standard InChI is InChI=1S/C19H32N2/c1-15(2)12-20-13-18-8-5-9-19(11-18)14-21-10-6-7-16(3)17(21)4/h5,8-9,11,15-17,20H,6-7,10,12-14H2,1-4H3. The van der Waals surface area contributed by atoms with E-state index in [0.29, 0.717) is 12.0 Å². The molecule has 118 valence electrons. The molecular formula is C19H32N2. The SMILES string of the molecule is CC(C)CNCc1cccc(CN2CCCC(C)C2C)c1. The lowest BCUT2D eigenvalue weighted by Gasteiger charge is -2.38. The summed E-state index contributed by atoms with van der Waals surface area (Å²) in [4.78, 5) is 2.65. The van der Waals surface area contributed by atoms with Crippen molar-refractivity contribution >= 4 is 0 Å². The van der Waals surface area contributed by atoms with Crippen LogP contribution < -0.4 is 5.32 Å². The summed E-state index contributed by atoms with van der Waals surface area (Å²) < 4.78 is 0. The Hall–Kier alpha value is -0.860. The second-order valence-electron chi connectivity index (χ2n) is 7.18. The molecule has 0 saturated carbocycles. The average molecular weight is 288 g/mol. The van der Waals surface area contributed by atoms with E-state index in [-0.39, 0.29) is 0 Å². The van der Waals surface area contributed by atoms with E-state index in [0.717, 1.165) is 25.6 Å². The maximum absolute atomic E-state index is 3.53. The van der Waals surface area contributed by atoms with Crippen molar-refractivity contribution in [1.29, 1.82) is 0 Å². The summed E-state index contributed by atoms with van der Waals surface area (Å²) in [5, 5.41) is 3.53. The van der Waals surface area contributed by atoms with Gasteiger partial charge in [-0.05, 0) is 55.8 Å². The van der Waals surface area contributed by atoms with Crippen molar-refractivity contribution in [1.82, 2.24) is 10.2 Å². The Kier molecular flexibility index (Phi) is 6.25. The van der Waals surface area contributed by atoms with E-state index >= 15 is 0 Å². The minimum atomic E-state index is 0.710. The number of rotatable bonds is 6. The second kappa shape index (κ2) is 7.95. The van der Waals surface area contributed by atoms with Crippen molar-refractivity contribution in [2.45, 2.75) is 59.7 Å². The van der Waals surface area contributed by atoms with E-state index in [1.54, 1.807) is 0 Å². The van der Waals surface area contributed by atoms with Gasteiger partial charge < -0.3 is 5.32 Å². The largest absolute Gasteiger partial charge is 0.312 e. The number of hydrogen-bond acceptors (Lipinski definition) is 2. The first-order valence-electron chi connectivity index (χ1n) is 8.59. The van der Waals surface area contributed by atoms with Crippen LogP contribution >= 0.6 is 0 Å². The van der Waals surface area contributed by atoms with Crippen LogP contribution in [-0.2, 0) is 13.1 Å². The average Bonchev–Trinajstić information content (AvgIpc) is 2.44. The van der Waals surface area contributed by atoms with E-state index < -0.39 is 0 Å². The molecule has 2 rings (SSSR count). The van der Waals surface area contributed by atoms with Crippen LogP contribution in [0.25, 0.3) is 0 Å². The van der Waals surface area contributed by atoms with Gasteiger partial charge >= 0.3 is 0 Å². The van der Waals surface area contributed by atoms with Gasteiger partial charge in [0, 0.05) is 19.1 Å². The topological polar surface area (TPSA) is 15.3 Å². The molecule has 2 atom stereocenters. The fourth-order valence-corrected chi connectivity index (χ4v) is 3.22. The molecule has 0 amide bonds. The first kappa shape index (κ1) is 16.5. The zero-order chi connectivity index (χ0) is 15.2. The number of likely N-dealkylation sites (tertiary alicyclic amines) is 1. The van der Waals surface area contributed by atoms with Gasteiger partial charge in [0.05, 0.1) is 0 Å². The molecule has 1 N–H and O–H groups in total. The van der Waals surface area contributed by atoms with Gasteiger partial charge in [-0.2, -0.15) is 0 Å². The molecule has 1 aromatic rings. The molecule has 2 unspecified atom stereocenters. The summed E-state index contributed by atoms with van der Waals surface area (Å²) in [7, 11) is 0. The Bertz CT molecular complexity index is 427. The Morgan fingerprint density at radius 3 is 2.76 bits per heavy atom. The zero-order valence-corrected chi connectivity index (χ0v) is 14.2. The van der Waals surface area contributed by atoms with E-state index in [1.165, 1.54) is 30.5 Å². The molecule has 1 saturated heterocycles. The molecule has 0 radical (unpaired) electrons. The molecule has 0 spiro atoms. The van der Waals surface area contributed by atoms with Crippen molar-refractivity contribution in [2.24, 2.45) is 11.8 Å². The van der Waals surface area contributed by atoms with E-state index in [2.05, 4.69) is 62.2 Å². The first-order chi connectivity index (χ1) is 10.1. The number of nitrogens with one attached hydrogen (secondary N) is 1. The first-order valence-corrected chi connectivity index (χ1v) is 8.59. The van der Waals surface area contributed by atoms with Crippen LogP contribution in [-0.4, -0.2) is 24.0 Å². The van der Waals surface area contributed by atoms with Gasteiger partial charge in [0.2, 0.25) is 0 Å². The number of benzene rings is 1. The van der Waals surface area contributed by atoms with Crippen molar-refractivity contribution in [3.63, 3.8) is 0 Å². The lowest BCUT2D eigenvalue weighted by atomic mass is 9.91. The molecule has 0 aliphatic carbocycles. The van der Waals surface area contributed by atoms with Gasteiger partial charge in [0.1, 0.15) is 0 Å². The summed E-state index contributed by atoms with van der Waals surface area (Å²) in [5.41, 5.74) is 2.87. The van der Waals surface area contributed by atoms with Gasteiger partial charge in [-0.15, -0.1) is 0 Å². The van der Waals surface area contributed by atoms with Crippen LogP contribution in [0.1, 0.15) is 51.7 Å². The summed E-state index contributed by atoms with van der Waals surface area (Å²) in [5.74, 6) is 1.54. The van der Waals surface area contributed by atoms with Gasteiger partial charge in [0.25, 0.3) is 0 Å². The summed E-state index contributed by atoms with van der Waals surface area (Å²) in [6.07, 6.45) is 2.73. The Morgan fingerprint density at radius 1 is 1.24 bits per heavy atom. The number of piperidine rings is 1. The molecule has 21 heavy (non-hydrogen) atoms. The van der Waals surface area contributed by atoms with Crippen LogP contribution in [0.5, 0.6) is 0 Å². The van der Waals surface area contributed by atoms with Crippen LogP contribution in [0.15, 0.2) is 24.3 Å². The molecule has 1 fully saturated rings. The second-order valence-corrected chi connectivity index (χ2v) is 7.18. The summed E-state index contributed by atoms with van der Waals surface area (Å²) in [6.45, 7) is 13.7. The molecule has 2 heteroatoms. The zero-order valence-electron chi connectivity index (χ0n) is 14.2. The predicted octanol–water partition coefficient (Wildman–Crippen LogP) is 4.05. The fraction of sp³-hybridized carbons (Fsp3) is 0.684. The lowest BCUT2D eigenvalue weighted by molar-refractivity contribution is 0.106. The van der Waals surface area contributed by atoms with Crippen molar-refractivity contribution in [2.75, 3.05) is 13.1 Å². The maximum atomic E-state index is 3.53. The van der Waals surface area contributed by atoms with Crippen LogP contribution in [0.4, 0.5) is 0 Å². The Morgan fingerprint density at radius 2 is 2.00 bits per heavy atom. The van der Waals surface area contributed by atoms with Crippen molar-refractivity contribution in [3.8, 4) is 0 Å². The summed E-state index contributed by atoms with van der Waals surface area (Å²) >= 11 is 0. The third-order valence-electron chi connectivity index (χ3n) is 4.76. The number of hydrogen-bond donors (Lipinski definition) is 1. The monoisotopic (exact) mass is 288 g/mol. The van der Waals surface area contributed by atoms with Crippen molar-refractivity contribution in [3.05, 3.63) is 35.4 Å². The molecule has 1 aromatic carbocycles. The maximum Gasteiger partial charge on any atom is 0.0236 e. The van der Waals surface area contributed by atoms with Gasteiger partial charge in [-0.1, -0.05) is 45.0 Å². The molecule has 0 aromatic heterocycles. The summed E-state index contributed by atoms with van der Waals surface area (Å²) in [6, 6.07) is 9.80. The smallest absolute Gasteiger partial charge is 0.0236 e. The molecule has 2 nitrogen and oxygen atoms in total. The van der Waals surface area contributed by atoms with Gasteiger partial charge in [-0.25, -0.2) is 0 Å². The minimum Gasteiger partial charge on any atom is -0.312 e. The van der Waals surface area contributed by atoms with E-state index in [1.807, 2.05) is 0 Å². The Balaban J connectivity index is 1.91. The Labute approximate surface area is 130 Å². The van der Waals surface area contributed by atoms with Gasteiger partial charge in [0.15, 0.2) is 0 Å². The van der Waals surface area contributed by atoms with Crippen LogP contribution in [0, 0.1) is 11.8 Å². The molecule has 1 aliphatic rings. The van der Waals surface area contributed by atoms with Crippen molar-refractivity contribution < 1.29 is 0 Å².